The normalized spacial score (nSPS) is 14.9. The molecule has 0 aliphatic carbocycles. The third-order valence-electron chi connectivity index (χ3n) is 4.93. The van der Waals surface area contributed by atoms with Crippen molar-refractivity contribution in [3.63, 3.8) is 0 Å². The van der Waals surface area contributed by atoms with Crippen molar-refractivity contribution in [1.82, 2.24) is 25.1 Å². The average Bonchev–Trinajstić information content (AvgIpc) is 2.93. The van der Waals surface area contributed by atoms with E-state index in [0.717, 1.165) is 29.8 Å². The highest BCUT2D eigenvalue weighted by Gasteiger charge is 2.25. The van der Waals surface area contributed by atoms with E-state index in [1.54, 1.807) is 0 Å². The number of nitrogens with two attached hydrogens (primary N) is 1. The van der Waals surface area contributed by atoms with E-state index in [2.05, 4.69) is 57.7 Å². The van der Waals surface area contributed by atoms with Gasteiger partial charge in [-0.3, -0.25) is 0 Å². The van der Waals surface area contributed by atoms with Gasteiger partial charge in [0.2, 0.25) is 0 Å². The van der Waals surface area contributed by atoms with Crippen LogP contribution in [0.5, 0.6) is 0 Å². The Morgan fingerprint density at radius 1 is 1.08 bits per heavy atom. The number of nitrogen functional groups attached to an aromatic ring is 1. The van der Waals surface area contributed by atoms with Crippen molar-refractivity contribution in [3.8, 4) is 0 Å². The van der Waals surface area contributed by atoms with Crippen molar-refractivity contribution in [2.75, 3.05) is 18.8 Å². The smallest absolute Gasteiger partial charge is 0.163 e. The first-order chi connectivity index (χ1) is 12.3. The second kappa shape index (κ2) is 5.53. The molecule has 4 aromatic rings. The number of hydrogen-bond acceptors (Lipinski definition) is 5. The van der Waals surface area contributed by atoms with E-state index < -0.39 is 0 Å². The Morgan fingerprint density at radius 2 is 1.92 bits per heavy atom. The lowest BCUT2D eigenvalue weighted by atomic mass is 10.0. The van der Waals surface area contributed by atoms with Crippen LogP contribution in [0.1, 0.15) is 17.3 Å². The highest BCUT2D eigenvalue weighted by atomic mass is 15.4. The number of aromatic nitrogens is 4. The van der Waals surface area contributed by atoms with E-state index >= 15 is 0 Å². The predicted octanol–water partition coefficient (Wildman–Crippen LogP) is 2.30. The molecule has 124 valence electrons. The van der Waals surface area contributed by atoms with Crippen molar-refractivity contribution in [2.45, 2.75) is 12.5 Å². The Bertz CT molecular complexity index is 1070. The second-order valence-corrected chi connectivity index (χ2v) is 6.48. The minimum absolute atomic E-state index is 0.332. The van der Waals surface area contributed by atoms with Crippen LogP contribution >= 0.6 is 0 Å². The molecule has 1 saturated heterocycles. The molecule has 5 rings (SSSR count). The summed E-state index contributed by atoms with van der Waals surface area (Å²) >= 11 is 0. The SMILES string of the molecule is Nc1ncnc2c1c(Cc1cccc3ccccc13)nn2C1CNC1. The first kappa shape index (κ1) is 14.4. The van der Waals surface area contributed by atoms with Crippen LogP contribution in [0.25, 0.3) is 21.8 Å². The Balaban J connectivity index is 1.67. The minimum atomic E-state index is 0.332. The summed E-state index contributed by atoms with van der Waals surface area (Å²) in [6, 6.07) is 15.1. The zero-order valence-electron chi connectivity index (χ0n) is 13.7. The van der Waals surface area contributed by atoms with Crippen LogP contribution in [-0.4, -0.2) is 32.8 Å². The highest BCUT2D eigenvalue weighted by Crippen LogP contribution is 2.29. The molecule has 6 nitrogen and oxygen atoms in total. The van der Waals surface area contributed by atoms with Gasteiger partial charge in [-0.1, -0.05) is 42.5 Å². The van der Waals surface area contributed by atoms with Gasteiger partial charge in [-0.15, -0.1) is 0 Å². The largest absolute Gasteiger partial charge is 0.383 e. The van der Waals surface area contributed by atoms with Gasteiger partial charge in [0, 0.05) is 19.5 Å². The van der Waals surface area contributed by atoms with Crippen LogP contribution < -0.4 is 11.1 Å². The number of nitrogens with zero attached hydrogens (tertiary/aromatic N) is 4. The van der Waals surface area contributed by atoms with Crippen LogP contribution in [0.3, 0.4) is 0 Å². The van der Waals surface area contributed by atoms with Gasteiger partial charge in [-0.05, 0) is 16.3 Å². The number of benzene rings is 2. The summed E-state index contributed by atoms with van der Waals surface area (Å²) in [5, 5.41) is 11.5. The maximum absolute atomic E-state index is 6.18. The molecule has 0 amide bonds. The third kappa shape index (κ3) is 2.26. The van der Waals surface area contributed by atoms with Crippen LogP contribution in [0.4, 0.5) is 5.82 Å². The number of rotatable bonds is 3. The van der Waals surface area contributed by atoms with Gasteiger partial charge in [0.15, 0.2) is 5.65 Å². The first-order valence-electron chi connectivity index (χ1n) is 8.46. The highest BCUT2D eigenvalue weighted by molar-refractivity contribution is 5.90. The molecule has 1 aliphatic rings. The number of anilines is 1. The Labute approximate surface area is 144 Å². The molecule has 6 heteroatoms. The molecule has 0 unspecified atom stereocenters. The summed E-state index contributed by atoms with van der Waals surface area (Å²) < 4.78 is 2.00. The molecule has 2 aromatic carbocycles. The molecule has 25 heavy (non-hydrogen) atoms. The molecule has 1 fully saturated rings. The van der Waals surface area contributed by atoms with Crippen molar-refractivity contribution in [2.24, 2.45) is 0 Å². The summed E-state index contributed by atoms with van der Waals surface area (Å²) in [6.45, 7) is 1.82. The molecule has 0 bridgehead atoms. The molecule has 0 radical (unpaired) electrons. The first-order valence-corrected chi connectivity index (χ1v) is 8.46. The summed E-state index contributed by atoms with van der Waals surface area (Å²) in [7, 11) is 0. The summed E-state index contributed by atoms with van der Waals surface area (Å²) in [4.78, 5) is 8.64. The minimum Gasteiger partial charge on any atom is -0.383 e. The standard InChI is InChI=1S/C19H18N6/c20-18-17-16(8-13-6-3-5-12-4-1-2-7-15(12)13)24-25(14-9-21-10-14)19(17)23-11-22-18/h1-7,11,14,21H,8-10H2,(H2,20,22,23). The summed E-state index contributed by atoms with van der Waals surface area (Å²) in [6.07, 6.45) is 2.23. The fourth-order valence-electron chi connectivity index (χ4n) is 3.52. The Hall–Kier alpha value is -2.99. The van der Waals surface area contributed by atoms with E-state index in [1.807, 2.05) is 4.68 Å². The van der Waals surface area contributed by atoms with Gasteiger partial charge in [-0.25, -0.2) is 14.6 Å². The van der Waals surface area contributed by atoms with E-state index in [9.17, 15) is 0 Å². The summed E-state index contributed by atoms with van der Waals surface area (Å²) in [5.41, 5.74) is 9.18. The lowest BCUT2D eigenvalue weighted by Crippen LogP contribution is -2.43. The lowest BCUT2D eigenvalue weighted by molar-refractivity contribution is 0.323. The van der Waals surface area contributed by atoms with E-state index in [4.69, 9.17) is 10.8 Å². The third-order valence-corrected chi connectivity index (χ3v) is 4.93. The van der Waals surface area contributed by atoms with E-state index in [0.29, 0.717) is 18.3 Å². The molecule has 0 spiro atoms. The zero-order chi connectivity index (χ0) is 16.8. The van der Waals surface area contributed by atoms with E-state index in [1.165, 1.54) is 22.7 Å². The quantitative estimate of drug-likeness (QED) is 0.602. The maximum Gasteiger partial charge on any atom is 0.163 e. The van der Waals surface area contributed by atoms with Gasteiger partial charge in [0.25, 0.3) is 0 Å². The van der Waals surface area contributed by atoms with Crippen LogP contribution in [0.15, 0.2) is 48.8 Å². The fourth-order valence-corrected chi connectivity index (χ4v) is 3.52. The maximum atomic E-state index is 6.18. The molecule has 3 N–H and O–H groups in total. The predicted molar refractivity (Wildman–Crippen MR) is 98.4 cm³/mol. The van der Waals surface area contributed by atoms with Crippen molar-refractivity contribution < 1.29 is 0 Å². The molecule has 1 aliphatic heterocycles. The van der Waals surface area contributed by atoms with Gasteiger partial charge in [0.05, 0.1) is 17.1 Å². The fraction of sp³-hybridized carbons (Fsp3) is 0.211. The molecule has 0 atom stereocenters. The van der Waals surface area contributed by atoms with Crippen molar-refractivity contribution in [1.29, 1.82) is 0 Å². The van der Waals surface area contributed by atoms with Crippen molar-refractivity contribution in [3.05, 3.63) is 60.0 Å². The molecule has 3 heterocycles. The number of fused-ring (bicyclic) bond motifs is 2. The van der Waals surface area contributed by atoms with Crippen LogP contribution in [0.2, 0.25) is 0 Å². The molecule has 0 saturated carbocycles. The lowest BCUT2D eigenvalue weighted by Gasteiger charge is -2.27. The van der Waals surface area contributed by atoms with Crippen LogP contribution in [0, 0.1) is 0 Å². The monoisotopic (exact) mass is 330 g/mol. The zero-order valence-corrected chi connectivity index (χ0v) is 13.7. The average molecular weight is 330 g/mol. The Kier molecular flexibility index (Phi) is 3.18. The number of nitrogens with one attached hydrogen (secondary N) is 1. The summed E-state index contributed by atoms with van der Waals surface area (Å²) in [5.74, 6) is 0.499. The molecular weight excluding hydrogens is 312 g/mol. The van der Waals surface area contributed by atoms with Gasteiger partial charge >= 0.3 is 0 Å². The Morgan fingerprint density at radius 3 is 2.76 bits per heavy atom. The van der Waals surface area contributed by atoms with Gasteiger partial charge < -0.3 is 11.1 Å². The number of hydrogen-bond donors (Lipinski definition) is 2. The second-order valence-electron chi connectivity index (χ2n) is 6.48. The van der Waals surface area contributed by atoms with Crippen LogP contribution in [-0.2, 0) is 6.42 Å². The van der Waals surface area contributed by atoms with Gasteiger partial charge in [-0.2, -0.15) is 5.10 Å². The van der Waals surface area contributed by atoms with E-state index in [-0.39, 0.29) is 0 Å². The van der Waals surface area contributed by atoms with Crippen molar-refractivity contribution >= 4 is 27.6 Å². The topological polar surface area (TPSA) is 81.7 Å². The molecule has 2 aromatic heterocycles. The molecular formula is C19H18N6. The van der Waals surface area contributed by atoms with Gasteiger partial charge in [0.1, 0.15) is 12.1 Å².